The monoisotopic (exact) mass is 206 g/mol. The minimum absolute atomic E-state index is 0.376. The van der Waals surface area contributed by atoms with Gasteiger partial charge in [0, 0.05) is 11.1 Å². The van der Waals surface area contributed by atoms with Gasteiger partial charge in [0.15, 0.2) is 0 Å². The van der Waals surface area contributed by atoms with Crippen LogP contribution in [0.15, 0.2) is 18.2 Å². The van der Waals surface area contributed by atoms with E-state index in [0.717, 1.165) is 18.5 Å². The van der Waals surface area contributed by atoms with E-state index >= 15 is 0 Å². The molecule has 0 spiro atoms. The van der Waals surface area contributed by atoms with Crippen LogP contribution in [0.1, 0.15) is 30.0 Å². The molecule has 1 aromatic rings. The molecular formula is C11H11ClN2. The van der Waals surface area contributed by atoms with Crippen LogP contribution >= 0.6 is 11.6 Å². The Hall–Kier alpha value is -1.04. The Bertz CT molecular complexity index is 375. The summed E-state index contributed by atoms with van der Waals surface area (Å²) in [6.07, 6.45) is 2.32. The lowest BCUT2D eigenvalue weighted by Crippen LogP contribution is -2.12. The molecule has 1 saturated heterocycles. The van der Waals surface area contributed by atoms with Gasteiger partial charge in [0.05, 0.1) is 11.6 Å². The van der Waals surface area contributed by atoms with Crippen molar-refractivity contribution in [3.63, 3.8) is 0 Å². The summed E-state index contributed by atoms with van der Waals surface area (Å²) in [6, 6.07) is 8.04. The quantitative estimate of drug-likeness (QED) is 0.767. The highest BCUT2D eigenvalue weighted by Gasteiger charge is 2.16. The summed E-state index contributed by atoms with van der Waals surface area (Å²) in [7, 11) is 0. The Morgan fingerprint density at radius 3 is 2.93 bits per heavy atom. The second-order valence-corrected chi connectivity index (χ2v) is 3.97. The Labute approximate surface area is 88.5 Å². The van der Waals surface area contributed by atoms with Crippen molar-refractivity contribution >= 4 is 11.6 Å². The van der Waals surface area contributed by atoms with E-state index in [-0.39, 0.29) is 0 Å². The van der Waals surface area contributed by atoms with E-state index in [4.69, 9.17) is 16.9 Å². The number of halogens is 1. The highest BCUT2D eigenvalue weighted by Crippen LogP contribution is 2.26. The molecule has 1 N–H and O–H groups in total. The van der Waals surface area contributed by atoms with Crippen LogP contribution in [0.5, 0.6) is 0 Å². The molecule has 0 amide bonds. The summed E-state index contributed by atoms with van der Waals surface area (Å²) in [5.41, 5.74) is 1.77. The molecule has 3 heteroatoms. The van der Waals surface area contributed by atoms with Crippen LogP contribution < -0.4 is 5.32 Å². The normalized spacial score (nSPS) is 20.7. The number of rotatable bonds is 1. The highest BCUT2D eigenvalue weighted by atomic mass is 35.5. The van der Waals surface area contributed by atoms with Gasteiger partial charge in [-0.3, -0.25) is 0 Å². The van der Waals surface area contributed by atoms with Crippen molar-refractivity contribution < 1.29 is 0 Å². The third-order valence-electron chi connectivity index (χ3n) is 2.51. The predicted octanol–water partition coefficient (Wildman–Crippen LogP) is 2.64. The summed E-state index contributed by atoms with van der Waals surface area (Å²) in [6.45, 7) is 1.05. The largest absolute Gasteiger partial charge is 0.310 e. The second kappa shape index (κ2) is 4.00. The molecule has 1 aromatic carbocycles. The van der Waals surface area contributed by atoms with Gasteiger partial charge < -0.3 is 5.32 Å². The average Bonchev–Trinajstić information content (AvgIpc) is 2.69. The fourth-order valence-corrected chi connectivity index (χ4v) is 2.09. The highest BCUT2D eigenvalue weighted by molar-refractivity contribution is 6.30. The van der Waals surface area contributed by atoms with Crippen molar-refractivity contribution in [1.29, 1.82) is 5.26 Å². The van der Waals surface area contributed by atoms with E-state index in [1.54, 1.807) is 6.07 Å². The fraction of sp³-hybridized carbons (Fsp3) is 0.364. The number of hydrogen-bond acceptors (Lipinski definition) is 2. The summed E-state index contributed by atoms with van der Waals surface area (Å²) >= 11 is 5.93. The molecule has 1 unspecified atom stereocenters. The third kappa shape index (κ3) is 1.89. The first kappa shape index (κ1) is 9.51. The zero-order valence-corrected chi connectivity index (χ0v) is 8.51. The zero-order valence-electron chi connectivity index (χ0n) is 7.76. The number of hydrogen-bond donors (Lipinski definition) is 1. The number of benzene rings is 1. The molecule has 1 fully saturated rings. The first-order chi connectivity index (χ1) is 6.79. The molecule has 2 rings (SSSR count). The standard InChI is InChI=1S/C11H11ClN2/c12-10-5-8(7-13)4-9(6-10)11-2-1-3-14-11/h4-6,11,14H,1-3H2. The van der Waals surface area contributed by atoms with Gasteiger partial charge in [0.25, 0.3) is 0 Å². The van der Waals surface area contributed by atoms with Gasteiger partial charge >= 0.3 is 0 Å². The summed E-state index contributed by atoms with van der Waals surface area (Å²) < 4.78 is 0. The lowest BCUT2D eigenvalue weighted by molar-refractivity contribution is 0.647. The van der Waals surface area contributed by atoms with Crippen molar-refractivity contribution in [3.8, 4) is 6.07 Å². The maximum absolute atomic E-state index is 8.80. The lowest BCUT2D eigenvalue weighted by Gasteiger charge is -2.10. The topological polar surface area (TPSA) is 35.8 Å². The molecule has 0 aromatic heterocycles. The van der Waals surface area contributed by atoms with Crippen LogP contribution in [-0.4, -0.2) is 6.54 Å². The molecule has 0 saturated carbocycles. The first-order valence-corrected chi connectivity index (χ1v) is 5.11. The summed E-state index contributed by atoms with van der Waals surface area (Å²) in [4.78, 5) is 0. The molecule has 1 heterocycles. The van der Waals surface area contributed by atoms with E-state index in [1.807, 2.05) is 12.1 Å². The maximum atomic E-state index is 8.80. The summed E-state index contributed by atoms with van der Waals surface area (Å²) in [5.74, 6) is 0. The summed E-state index contributed by atoms with van der Waals surface area (Å²) in [5, 5.41) is 12.8. The minimum atomic E-state index is 0.376. The number of nitriles is 1. The molecular weight excluding hydrogens is 196 g/mol. The van der Waals surface area contributed by atoms with Gasteiger partial charge in [-0.05, 0) is 43.1 Å². The van der Waals surface area contributed by atoms with Gasteiger partial charge in [0.1, 0.15) is 0 Å². The first-order valence-electron chi connectivity index (χ1n) is 4.73. The molecule has 2 nitrogen and oxygen atoms in total. The number of nitrogens with one attached hydrogen (secondary N) is 1. The minimum Gasteiger partial charge on any atom is -0.310 e. The lowest BCUT2D eigenvalue weighted by atomic mass is 10.0. The second-order valence-electron chi connectivity index (χ2n) is 3.53. The molecule has 1 atom stereocenters. The van der Waals surface area contributed by atoms with Gasteiger partial charge in [0.2, 0.25) is 0 Å². The molecule has 0 radical (unpaired) electrons. The van der Waals surface area contributed by atoms with Gasteiger partial charge in [-0.15, -0.1) is 0 Å². The van der Waals surface area contributed by atoms with Gasteiger partial charge in [-0.25, -0.2) is 0 Å². The molecule has 1 aliphatic heterocycles. The molecule has 14 heavy (non-hydrogen) atoms. The zero-order chi connectivity index (χ0) is 9.97. The molecule has 0 bridgehead atoms. The van der Waals surface area contributed by atoms with Crippen LogP contribution in [0.4, 0.5) is 0 Å². The third-order valence-corrected chi connectivity index (χ3v) is 2.73. The van der Waals surface area contributed by atoms with Crippen molar-refractivity contribution in [2.75, 3.05) is 6.54 Å². The van der Waals surface area contributed by atoms with E-state index in [2.05, 4.69) is 11.4 Å². The maximum Gasteiger partial charge on any atom is 0.0992 e. The van der Waals surface area contributed by atoms with Crippen LogP contribution in [0, 0.1) is 11.3 Å². The van der Waals surface area contributed by atoms with Crippen LogP contribution in [0.25, 0.3) is 0 Å². The van der Waals surface area contributed by atoms with E-state index in [0.29, 0.717) is 16.6 Å². The molecule has 0 aliphatic carbocycles. The predicted molar refractivity (Wildman–Crippen MR) is 56.1 cm³/mol. The van der Waals surface area contributed by atoms with Gasteiger partial charge in [-0.1, -0.05) is 11.6 Å². The van der Waals surface area contributed by atoms with Crippen molar-refractivity contribution in [3.05, 3.63) is 34.3 Å². The fourth-order valence-electron chi connectivity index (χ4n) is 1.85. The SMILES string of the molecule is N#Cc1cc(Cl)cc(C2CCCN2)c1. The Morgan fingerprint density at radius 1 is 1.43 bits per heavy atom. The molecule has 1 aliphatic rings. The van der Waals surface area contributed by atoms with E-state index in [1.165, 1.54) is 6.42 Å². The van der Waals surface area contributed by atoms with Crippen molar-refractivity contribution in [2.24, 2.45) is 0 Å². The van der Waals surface area contributed by atoms with E-state index in [9.17, 15) is 0 Å². The van der Waals surface area contributed by atoms with Crippen LogP contribution in [0.3, 0.4) is 0 Å². The molecule has 72 valence electrons. The van der Waals surface area contributed by atoms with Crippen LogP contribution in [0.2, 0.25) is 5.02 Å². The Balaban J connectivity index is 2.33. The van der Waals surface area contributed by atoms with E-state index < -0.39 is 0 Å². The van der Waals surface area contributed by atoms with Crippen molar-refractivity contribution in [1.82, 2.24) is 5.32 Å². The van der Waals surface area contributed by atoms with Gasteiger partial charge in [-0.2, -0.15) is 5.26 Å². The average molecular weight is 207 g/mol. The Kier molecular flexibility index (Phi) is 2.72. The number of nitrogens with zero attached hydrogens (tertiary/aromatic N) is 1. The van der Waals surface area contributed by atoms with Crippen molar-refractivity contribution in [2.45, 2.75) is 18.9 Å². The van der Waals surface area contributed by atoms with Crippen LogP contribution in [-0.2, 0) is 0 Å². The Morgan fingerprint density at radius 2 is 2.29 bits per heavy atom. The smallest absolute Gasteiger partial charge is 0.0992 e.